The largest absolute Gasteiger partial charge is 0.485 e. The lowest BCUT2D eigenvalue weighted by molar-refractivity contribution is 0.261. The van der Waals surface area contributed by atoms with Gasteiger partial charge in [0.05, 0.1) is 0 Å². The summed E-state index contributed by atoms with van der Waals surface area (Å²) in [4.78, 5) is 2.39. The Morgan fingerprint density at radius 2 is 1.54 bits per heavy atom. The molecule has 4 nitrogen and oxygen atoms in total. The maximum absolute atomic E-state index is 6.38. The molecule has 2 heterocycles. The zero-order valence-electron chi connectivity index (χ0n) is 29.2. The number of allylic oxidation sites excluding steroid dienone is 4. The summed E-state index contributed by atoms with van der Waals surface area (Å²) < 4.78 is 12.6. The molecule has 4 heteroatoms. The van der Waals surface area contributed by atoms with Gasteiger partial charge in [-0.05, 0) is 107 Å². The lowest BCUT2D eigenvalue weighted by Crippen LogP contribution is -2.25. The Hall–Kier alpha value is -6.26. The van der Waals surface area contributed by atoms with E-state index < -0.39 is 0 Å². The lowest BCUT2D eigenvalue weighted by Gasteiger charge is -2.28. The first-order valence-electron chi connectivity index (χ1n) is 18.2. The number of ether oxygens (including phenoxy) is 1. The summed E-state index contributed by atoms with van der Waals surface area (Å²) in [5.74, 6) is 1.19. The van der Waals surface area contributed by atoms with Crippen molar-refractivity contribution in [3.8, 4) is 5.75 Å². The van der Waals surface area contributed by atoms with Gasteiger partial charge in [-0.25, -0.2) is 0 Å². The fraction of sp³-hybridized carbons (Fsp3) is 0.125. The minimum atomic E-state index is 0.0884. The van der Waals surface area contributed by atoms with E-state index in [-0.39, 0.29) is 12.0 Å². The van der Waals surface area contributed by atoms with Crippen molar-refractivity contribution in [2.24, 2.45) is 5.73 Å². The number of hydrogen-bond donors (Lipinski definition) is 1. The normalized spacial score (nSPS) is 19.7. The standard InChI is InChI=1S/C48H40N2O2/c1-32(27-34-11-2-3-12-36(34)31-49)33-21-24-39(25-22-33)50(38-13-4-7-18-46-42(17-10-14-38)41-15-5-8-19-45(41)51-46)40-26-23-35-30-48-44(29-37(35)28-40)43-16-6-9-20-47(43)52-48/h2-3,5-6,8-17,19-32,46H,4,7,18,49H2,1H3/b14-10+,34-27-,36-31-,38-13+,42-17+. The molecule has 2 atom stereocenters. The van der Waals surface area contributed by atoms with E-state index in [2.05, 4.69) is 151 Å². The monoisotopic (exact) mass is 676 g/mol. The third-order valence-corrected chi connectivity index (χ3v) is 10.5. The van der Waals surface area contributed by atoms with E-state index in [0.29, 0.717) is 0 Å². The number of nitrogens with zero attached hydrogens (tertiary/aromatic N) is 1. The van der Waals surface area contributed by atoms with Crippen LogP contribution in [0.25, 0.3) is 50.6 Å². The number of para-hydroxylation sites is 2. The van der Waals surface area contributed by atoms with Crippen LogP contribution >= 0.6 is 0 Å². The van der Waals surface area contributed by atoms with Crippen molar-refractivity contribution in [3.05, 3.63) is 179 Å². The van der Waals surface area contributed by atoms with Crippen LogP contribution in [0.3, 0.4) is 0 Å². The van der Waals surface area contributed by atoms with Gasteiger partial charge in [0, 0.05) is 45.2 Å². The van der Waals surface area contributed by atoms with Gasteiger partial charge < -0.3 is 19.8 Å². The van der Waals surface area contributed by atoms with Crippen LogP contribution in [-0.2, 0) is 0 Å². The van der Waals surface area contributed by atoms with Crippen molar-refractivity contribution in [1.82, 2.24) is 0 Å². The first-order valence-corrected chi connectivity index (χ1v) is 18.2. The molecular formula is C48H40N2O2. The Morgan fingerprint density at radius 3 is 2.42 bits per heavy atom. The van der Waals surface area contributed by atoms with Gasteiger partial charge in [-0.15, -0.1) is 0 Å². The summed E-state index contributed by atoms with van der Waals surface area (Å²) in [5.41, 5.74) is 14.8. The number of furan rings is 1. The SMILES string of the molecule is CC(/C=c1/cccc/c1=C/N)c1ccc(N(C2=C\CCCC3Oc4ccccc4\C3=C/C=C/2)c2ccc3cc4oc5ccccc5c4cc3c2)cc1. The van der Waals surface area contributed by atoms with E-state index in [9.17, 15) is 0 Å². The minimum absolute atomic E-state index is 0.0884. The predicted molar refractivity (Wildman–Crippen MR) is 217 cm³/mol. The Bertz CT molecular complexity index is 2680. The molecule has 0 fully saturated rings. The van der Waals surface area contributed by atoms with Gasteiger partial charge in [-0.3, -0.25) is 0 Å². The highest BCUT2D eigenvalue weighted by Crippen LogP contribution is 2.41. The third kappa shape index (κ3) is 5.86. The average Bonchev–Trinajstić information content (AvgIpc) is 3.73. The second-order valence-electron chi connectivity index (χ2n) is 13.8. The van der Waals surface area contributed by atoms with E-state index in [4.69, 9.17) is 14.9 Å². The minimum Gasteiger partial charge on any atom is -0.485 e. The average molecular weight is 677 g/mol. The molecule has 0 amide bonds. The Labute approximate surface area is 303 Å². The van der Waals surface area contributed by atoms with Crippen molar-refractivity contribution < 1.29 is 9.15 Å². The van der Waals surface area contributed by atoms with E-state index in [1.165, 1.54) is 22.1 Å². The molecular weight excluding hydrogens is 637 g/mol. The first-order chi connectivity index (χ1) is 25.6. The van der Waals surface area contributed by atoms with Crippen molar-refractivity contribution >= 4 is 61.9 Å². The van der Waals surface area contributed by atoms with Crippen LogP contribution in [0.2, 0.25) is 0 Å². The highest BCUT2D eigenvalue weighted by atomic mass is 16.5. The number of nitrogens with two attached hydrogens (primary N) is 1. The molecule has 254 valence electrons. The molecule has 6 aromatic carbocycles. The van der Waals surface area contributed by atoms with Crippen LogP contribution in [0, 0.1) is 0 Å². The second-order valence-corrected chi connectivity index (χ2v) is 13.8. The summed E-state index contributed by atoms with van der Waals surface area (Å²) in [6, 6.07) is 45.1. The molecule has 0 bridgehead atoms. The molecule has 1 aliphatic carbocycles. The van der Waals surface area contributed by atoms with Crippen LogP contribution in [0.1, 0.15) is 43.2 Å². The number of anilines is 2. The van der Waals surface area contributed by atoms with Gasteiger partial charge in [0.15, 0.2) is 0 Å². The highest BCUT2D eigenvalue weighted by molar-refractivity contribution is 6.10. The van der Waals surface area contributed by atoms with Gasteiger partial charge >= 0.3 is 0 Å². The molecule has 0 saturated heterocycles. The zero-order chi connectivity index (χ0) is 35.0. The van der Waals surface area contributed by atoms with E-state index >= 15 is 0 Å². The van der Waals surface area contributed by atoms with Crippen molar-refractivity contribution in [1.29, 1.82) is 0 Å². The molecule has 2 N–H and O–H groups in total. The van der Waals surface area contributed by atoms with Gasteiger partial charge in [-0.2, -0.15) is 0 Å². The zero-order valence-corrected chi connectivity index (χ0v) is 29.2. The summed E-state index contributed by atoms with van der Waals surface area (Å²) in [7, 11) is 0. The molecule has 2 aliphatic rings. The topological polar surface area (TPSA) is 51.6 Å². The van der Waals surface area contributed by atoms with Gasteiger partial charge in [0.1, 0.15) is 23.0 Å². The van der Waals surface area contributed by atoms with Crippen molar-refractivity contribution in [3.63, 3.8) is 0 Å². The molecule has 0 radical (unpaired) electrons. The van der Waals surface area contributed by atoms with E-state index in [1.807, 2.05) is 18.2 Å². The number of fused-ring (bicyclic) bond motifs is 7. The van der Waals surface area contributed by atoms with Crippen LogP contribution in [0.4, 0.5) is 11.4 Å². The number of benzene rings is 6. The number of rotatable bonds is 5. The summed E-state index contributed by atoms with van der Waals surface area (Å²) >= 11 is 0. The third-order valence-electron chi connectivity index (χ3n) is 10.5. The molecule has 0 spiro atoms. The highest BCUT2D eigenvalue weighted by Gasteiger charge is 2.27. The number of hydrogen-bond acceptors (Lipinski definition) is 4. The van der Waals surface area contributed by atoms with Gasteiger partial charge in [0.2, 0.25) is 0 Å². The van der Waals surface area contributed by atoms with Crippen molar-refractivity contribution in [2.75, 3.05) is 4.90 Å². The second kappa shape index (κ2) is 13.5. The molecule has 52 heavy (non-hydrogen) atoms. The first kappa shape index (κ1) is 31.7. The molecule has 1 aliphatic heterocycles. The van der Waals surface area contributed by atoms with Crippen LogP contribution < -0.4 is 25.8 Å². The molecule has 0 saturated carbocycles. The van der Waals surface area contributed by atoms with Gasteiger partial charge in [0.25, 0.3) is 0 Å². The van der Waals surface area contributed by atoms with Crippen molar-refractivity contribution in [2.45, 2.75) is 38.2 Å². The predicted octanol–water partition coefficient (Wildman–Crippen LogP) is 10.6. The molecule has 1 aromatic heterocycles. The lowest BCUT2D eigenvalue weighted by atomic mass is 9.97. The molecule has 9 rings (SSSR count). The Morgan fingerprint density at radius 1 is 0.750 bits per heavy atom. The van der Waals surface area contributed by atoms with Crippen LogP contribution in [0.5, 0.6) is 5.75 Å². The molecule has 7 aromatic rings. The fourth-order valence-corrected chi connectivity index (χ4v) is 7.80. The summed E-state index contributed by atoms with van der Waals surface area (Å²) in [5, 5.41) is 6.77. The van der Waals surface area contributed by atoms with Crippen LogP contribution in [0.15, 0.2) is 162 Å². The fourth-order valence-electron chi connectivity index (χ4n) is 7.80. The van der Waals surface area contributed by atoms with E-state index in [1.54, 1.807) is 6.20 Å². The smallest absolute Gasteiger partial charge is 0.136 e. The Kier molecular flexibility index (Phi) is 8.21. The van der Waals surface area contributed by atoms with E-state index in [0.717, 1.165) is 79.8 Å². The molecule has 2 unspecified atom stereocenters. The Balaban J connectivity index is 1.14. The maximum Gasteiger partial charge on any atom is 0.136 e. The summed E-state index contributed by atoms with van der Waals surface area (Å²) in [6.07, 6.45) is 16.0. The van der Waals surface area contributed by atoms with Gasteiger partial charge in [-0.1, -0.05) is 110 Å². The quantitative estimate of drug-likeness (QED) is 0.197. The maximum atomic E-state index is 6.38. The summed E-state index contributed by atoms with van der Waals surface area (Å²) in [6.45, 7) is 2.24. The van der Waals surface area contributed by atoms with Crippen LogP contribution in [-0.4, -0.2) is 6.10 Å².